The van der Waals surface area contributed by atoms with Crippen molar-refractivity contribution in [1.29, 1.82) is 0 Å². The van der Waals surface area contributed by atoms with Crippen molar-refractivity contribution in [1.82, 2.24) is 0 Å². The average Bonchev–Trinajstić information content (AvgIpc) is 2.42. The van der Waals surface area contributed by atoms with E-state index < -0.39 is 11.7 Å². The van der Waals surface area contributed by atoms with Gasteiger partial charge in [-0.25, -0.2) is 4.39 Å². The molecule has 0 radical (unpaired) electrons. The fourth-order valence-corrected chi connectivity index (χ4v) is 1.69. The summed E-state index contributed by atoms with van der Waals surface area (Å²) in [4.78, 5) is 12.0. The molecule has 104 valence electrons. The third-order valence-corrected chi connectivity index (χ3v) is 2.89. The van der Waals surface area contributed by atoms with Crippen molar-refractivity contribution in [3.63, 3.8) is 0 Å². The van der Waals surface area contributed by atoms with E-state index in [9.17, 15) is 14.3 Å². The van der Waals surface area contributed by atoms with Crippen LogP contribution >= 0.6 is 0 Å². The minimum Gasteiger partial charge on any atom is -0.508 e. The molecule has 0 aliphatic rings. The molecule has 0 aliphatic carbocycles. The van der Waals surface area contributed by atoms with Crippen LogP contribution in [0.2, 0.25) is 0 Å². The molecule has 0 unspecified atom stereocenters. The number of carbonyl (C=O) groups is 1. The van der Waals surface area contributed by atoms with E-state index >= 15 is 0 Å². The number of aryl methyl sites for hydroxylation is 1. The van der Waals surface area contributed by atoms with Crippen molar-refractivity contribution >= 4 is 11.6 Å². The second-order valence-corrected chi connectivity index (χ2v) is 4.30. The number of phenols is 1. The highest BCUT2D eigenvalue weighted by atomic mass is 19.1. The smallest absolute Gasteiger partial charge is 0.258 e. The third kappa shape index (κ3) is 2.88. The van der Waals surface area contributed by atoms with E-state index in [-0.39, 0.29) is 11.3 Å². The van der Waals surface area contributed by atoms with Gasteiger partial charge in [-0.15, -0.1) is 0 Å². The normalized spacial score (nSPS) is 10.2. The Balaban J connectivity index is 2.21. The second kappa shape index (κ2) is 5.61. The Hall–Kier alpha value is -2.56. The van der Waals surface area contributed by atoms with Gasteiger partial charge in [-0.1, -0.05) is 6.07 Å². The minimum atomic E-state index is -0.668. The molecule has 20 heavy (non-hydrogen) atoms. The van der Waals surface area contributed by atoms with Gasteiger partial charge < -0.3 is 15.2 Å². The first-order valence-electron chi connectivity index (χ1n) is 5.96. The fourth-order valence-electron chi connectivity index (χ4n) is 1.69. The number of carbonyl (C=O) groups excluding carboxylic acids is 1. The van der Waals surface area contributed by atoms with E-state index in [0.717, 1.165) is 6.07 Å². The molecule has 0 aliphatic heterocycles. The largest absolute Gasteiger partial charge is 0.508 e. The molecule has 0 fully saturated rings. The van der Waals surface area contributed by atoms with Crippen molar-refractivity contribution in [2.45, 2.75) is 6.92 Å². The van der Waals surface area contributed by atoms with Gasteiger partial charge in [0.25, 0.3) is 5.91 Å². The summed E-state index contributed by atoms with van der Waals surface area (Å²) in [7, 11) is 1.42. The lowest BCUT2D eigenvalue weighted by atomic mass is 10.1. The van der Waals surface area contributed by atoms with Crippen LogP contribution in [0.4, 0.5) is 10.1 Å². The molecule has 0 spiro atoms. The average molecular weight is 275 g/mol. The third-order valence-electron chi connectivity index (χ3n) is 2.89. The minimum absolute atomic E-state index is 0.0676. The van der Waals surface area contributed by atoms with Crippen LogP contribution in [-0.2, 0) is 0 Å². The molecule has 0 atom stereocenters. The lowest BCUT2D eigenvalue weighted by Gasteiger charge is -2.08. The van der Waals surface area contributed by atoms with Crippen molar-refractivity contribution in [2.75, 3.05) is 12.4 Å². The Morgan fingerprint density at radius 1 is 1.25 bits per heavy atom. The van der Waals surface area contributed by atoms with Crippen molar-refractivity contribution in [2.24, 2.45) is 0 Å². The van der Waals surface area contributed by atoms with Crippen molar-refractivity contribution < 1.29 is 19.0 Å². The molecule has 2 aromatic carbocycles. The van der Waals surface area contributed by atoms with Crippen LogP contribution in [0.5, 0.6) is 11.5 Å². The molecule has 2 N–H and O–H groups in total. The Morgan fingerprint density at radius 3 is 2.60 bits per heavy atom. The maximum Gasteiger partial charge on any atom is 0.258 e. The molecule has 5 heteroatoms. The molecular weight excluding hydrogens is 261 g/mol. The predicted molar refractivity (Wildman–Crippen MR) is 73.7 cm³/mol. The lowest BCUT2D eigenvalue weighted by molar-refractivity contribution is 0.102. The number of amides is 1. The monoisotopic (exact) mass is 275 g/mol. The number of halogens is 1. The number of nitrogens with one attached hydrogen (secondary N) is 1. The summed E-state index contributed by atoms with van der Waals surface area (Å²) >= 11 is 0. The molecule has 0 saturated heterocycles. The summed E-state index contributed by atoms with van der Waals surface area (Å²) in [6.07, 6.45) is 0. The lowest BCUT2D eigenvalue weighted by Crippen LogP contribution is -2.13. The number of benzene rings is 2. The maximum absolute atomic E-state index is 13.7. The molecule has 4 nitrogen and oxygen atoms in total. The van der Waals surface area contributed by atoms with Gasteiger partial charge in [-0.3, -0.25) is 4.79 Å². The standard InChI is InChI=1S/C15H14FNO3/c1-9-3-4-10(7-14(9)18)17-15(19)12-6-5-11(20-2)8-13(12)16/h3-8,18H,1-2H3,(H,17,19). The van der Waals surface area contributed by atoms with Gasteiger partial charge >= 0.3 is 0 Å². The van der Waals surface area contributed by atoms with E-state index in [4.69, 9.17) is 4.74 Å². The Bertz CT molecular complexity index is 656. The molecule has 0 saturated carbocycles. The zero-order valence-electron chi connectivity index (χ0n) is 11.1. The van der Waals surface area contributed by atoms with E-state index in [1.807, 2.05) is 0 Å². The summed E-state index contributed by atoms with van der Waals surface area (Å²) < 4.78 is 18.6. The zero-order chi connectivity index (χ0) is 14.7. The summed E-state index contributed by atoms with van der Waals surface area (Å²) in [5.41, 5.74) is 0.998. The van der Waals surface area contributed by atoms with Gasteiger partial charge in [-0.2, -0.15) is 0 Å². The first kappa shape index (κ1) is 13.9. The number of hydrogen-bond donors (Lipinski definition) is 2. The van der Waals surface area contributed by atoms with E-state index in [1.54, 1.807) is 19.1 Å². The highest BCUT2D eigenvalue weighted by molar-refractivity contribution is 6.04. The molecule has 0 bridgehead atoms. The highest BCUT2D eigenvalue weighted by Crippen LogP contribution is 2.22. The maximum atomic E-state index is 13.7. The van der Waals surface area contributed by atoms with E-state index in [2.05, 4.69) is 5.32 Å². The molecule has 2 rings (SSSR count). The van der Waals surface area contributed by atoms with Gasteiger partial charge in [0.05, 0.1) is 12.7 Å². The first-order chi connectivity index (χ1) is 9.51. The second-order valence-electron chi connectivity index (χ2n) is 4.30. The summed E-state index contributed by atoms with van der Waals surface area (Å²) in [6, 6.07) is 8.70. The van der Waals surface area contributed by atoms with Crippen LogP contribution in [0.25, 0.3) is 0 Å². The molecule has 2 aromatic rings. The first-order valence-corrected chi connectivity index (χ1v) is 5.96. The van der Waals surface area contributed by atoms with Crippen LogP contribution in [0, 0.1) is 12.7 Å². The number of ether oxygens (including phenoxy) is 1. The quantitative estimate of drug-likeness (QED) is 0.905. The van der Waals surface area contributed by atoms with Gasteiger partial charge in [0.15, 0.2) is 0 Å². The van der Waals surface area contributed by atoms with Crippen LogP contribution in [0.1, 0.15) is 15.9 Å². The van der Waals surface area contributed by atoms with E-state index in [0.29, 0.717) is 17.0 Å². The Morgan fingerprint density at radius 2 is 2.00 bits per heavy atom. The van der Waals surface area contributed by atoms with Gasteiger partial charge in [-0.05, 0) is 30.7 Å². The predicted octanol–water partition coefficient (Wildman–Crippen LogP) is 3.10. The number of methoxy groups -OCH3 is 1. The van der Waals surface area contributed by atoms with Crippen LogP contribution in [-0.4, -0.2) is 18.1 Å². The Labute approximate surface area is 115 Å². The number of aromatic hydroxyl groups is 1. The van der Waals surface area contributed by atoms with Gasteiger partial charge in [0, 0.05) is 17.8 Å². The van der Waals surface area contributed by atoms with Crippen molar-refractivity contribution in [3.8, 4) is 11.5 Å². The number of hydrogen-bond acceptors (Lipinski definition) is 3. The number of anilines is 1. The topological polar surface area (TPSA) is 58.6 Å². The van der Waals surface area contributed by atoms with Crippen LogP contribution < -0.4 is 10.1 Å². The molecule has 0 heterocycles. The number of rotatable bonds is 3. The van der Waals surface area contributed by atoms with Crippen LogP contribution in [0.15, 0.2) is 36.4 Å². The van der Waals surface area contributed by atoms with Crippen molar-refractivity contribution in [3.05, 3.63) is 53.3 Å². The molecule has 0 aromatic heterocycles. The molecular formula is C15H14FNO3. The Kier molecular flexibility index (Phi) is 3.89. The zero-order valence-corrected chi connectivity index (χ0v) is 11.1. The SMILES string of the molecule is COc1ccc(C(=O)Nc2ccc(C)c(O)c2)c(F)c1. The van der Waals surface area contributed by atoms with E-state index in [1.165, 1.54) is 25.3 Å². The van der Waals surface area contributed by atoms with Crippen LogP contribution in [0.3, 0.4) is 0 Å². The van der Waals surface area contributed by atoms with Gasteiger partial charge in [0.2, 0.25) is 0 Å². The summed E-state index contributed by atoms with van der Waals surface area (Å²) in [5, 5.41) is 12.1. The number of phenolic OH excluding ortho intramolecular Hbond substituents is 1. The summed E-state index contributed by atoms with van der Waals surface area (Å²) in [6.45, 7) is 1.74. The summed E-state index contributed by atoms with van der Waals surface area (Å²) in [5.74, 6) is -0.850. The molecule has 1 amide bonds. The van der Waals surface area contributed by atoms with Gasteiger partial charge in [0.1, 0.15) is 17.3 Å². The fraction of sp³-hybridized carbons (Fsp3) is 0.133. The highest BCUT2D eigenvalue weighted by Gasteiger charge is 2.13.